The van der Waals surface area contributed by atoms with Gasteiger partial charge in [0.2, 0.25) is 11.6 Å². The van der Waals surface area contributed by atoms with Crippen molar-refractivity contribution < 1.29 is 9.33 Å². The molecule has 3 aliphatic rings. The van der Waals surface area contributed by atoms with E-state index in [0.717, 1.165) is 50.6 Å². The Hall–Kier alpha value is -4.13. The number of allylic oxidation sites excluding steroid dienone is 4. The molecule has 0 fully saturated rings. The van der Waals surface area contributed by atoms with E-state index in [9.17, 15) is 0 Å². The molecule has 6 nitrogen and oxygen atoms in total. The summed E-state index contributed by atoms with van der Waals surface area (Å²) in [5, 5.41) is 1.06. The number of nitrogens with two attached hydrogens (primary N) is 1. The average molecular weight is 418 g/mol. The van der Waals surface area contributed by atoms with Crippen molar-refractivity contribution in [1.82, 2.24) is 4.98 Å². The first kappa shape index (κ1) is 18.6. The molecule has 1 aliphatic carbocycles. The summed E-state index contributed by atoms with van der Waals surface area (Å²) in [5.74, 6) is 8.86. The van der Waals surface area contributed by atoms with Crippen molar-refractivity contribution in [2.45, 2.75) is 6.92 Å². The maximum absolute atomic E-state index is 6.83. The molecule has 0 saturated heterocycles. The minimum Gasteiger partial charge on any atom is -0.439 e. The molecule has 0 radical (unpaired) electrons. The average Bonchev–Trinajstić information content (AvgIpc) is 3.06. The Morgan fingerprint density at radius 2 is 1.88 bits per heavy atom. The van der Waals surface area contributed by atoms with Gasteiger partial charge in [-0.2, -0.15) is 10.8 Å². The molecule has 2 N–H and O–H groups in total. The van der Waals surface area contributed by atoms with Gasteiger partial charge in [0.15, 0.2) is 0 Å². The third-order valence-corrected chi connectivity index (χ3v) is 5.84. The van der Waals surface area contributed by atoms with Gasteiger partial charge in [0.1, 0.15) is 17.6 Å². The lowest BCUT2D eigenvalue weighted by Crippen LogP contribution is -2.53. The first-order valence-electron chi connectivity index (χ1n) is 10.4. The summed E-state index contributed by atoms with van der Waals surface area (Å²) in [5.41, 5.74) is 5.58. The number of aromatic nitrogens is 1. The lowest BCUT2D eigenvalue weighted by molar-refractivity contribution is -0.750. The summed E-state index contributed by atoms with van der Waals surface area (Å²) < 4.78 is 5.97. The molecule has 3 aromatic rings. The van der Waals surface area contributed by atoms with Crippen LogP contribution < -0.4 is 10.6 Å². The van der Waals surface area contributed by atoms with Crippen LogP contribution in [0.5, 0.6) is 11.6 Å². The van der Waals surface area contributed by atoms with Crippen molar-refractivity contribution in [1.29, 1.82) is 0 Å². The normalized spacial score (nSPS) is 20.8. The second-order valence-electron chi connectivity index (χ2n) is 7.93. The molecule has 1 atom stereocenters. The van der Waals surface area contributed by atoms with Crippen molar-refractivity contribution in [3.8, 4) is 11.6 Å². The van der Waals surface area contributed by atoms with Crippen LogP contribution >= 0.6 is 0 Å². The predicted octanol–water partition coefficient (Wildman–Crippen LogP) is 5.05. The number of nitrogens with zero attached hydrogens (tertiary/aromatic N) is 4. The standard InChI is InChI=1S/C26H20N5O/c1-17-14-24(32-20-8-3-2-4-9-20)29-22-15-19(10-11-21(17)22)26-30-25(18-6-5-7-18)23-16-28-12-13-31(23,26)27/h2-16H,27H2,1H3/q+1. The van der Waals surface area contributed by atoms with Crippen molar-refractivity contribution >= 4 is 23.0 Å². The third kappa shape index (κ3) is 2.85. The molecule has 6 rings (SSSR count). The summed E-state index contributed by atoms with van der Waals surface area (Å²) in [6, 6.07) is 17.8. The number of benzene rings is 2. The number of hydrogen-bond acceptors (Lipinski definition) is 5. The summed E-state index contributed by atoms with van der Waals surface area (Å²) in [6.45, 7) is 2.06. The monoisotopic (exact) mass is 418 g/mol. The lowest BCUT2D eigenvalue weighted by Gasteiger charge is -2.26. The van der Waals surface area contributed by atoms with E-state index in [1.165, 1.54) is 0 Å². The molecule has 2 aliphatic heterocycles. The first-order chi connectivity index (χ1) is 15.6. The zero-order valence-corrected chi connectivity index (χ0v) is 17.4. The Bertz CT molecular complexity index is 1460. The van der Waals surface area contributed by atoms with Crippen LogP contribution in [0.2, 0.25) is 0 Å². The van der Waals surface area contributed by atoms with Gasteiger partial charge in [-0.1, -0.05) is 42.5 Å². The number of aryl methyl sites for hydroxylation is 1. The highest BCUT2D eigenvalue weighted by atomic mass is 16.5. The largest absolute Gasteiger partial charge is 0.439 e. The van der Waals surface area contributed by atoms with E-state index in [-0.39, 0.29) is 4.59 Å². The van der Waals surface area contributed by atoms with Gasteiger partial charge >= 0.3 is 0 Å². The van der Waals surface area contributed by atoms with E-state index in [1.54, 1.807) is 12.4 Å². The van der Waals surface area contributed by atoms with E-state index < -0.39 is 0 Å². The molecule has 1 unspecified atom stereocenters. The number of fused-ring (bicyclic) bond motifs is 2. The molecule has 0 bridgehead atoms. The Balaban J connectivity index is 1.44. The number of ether oxygens (including phenoxy) is 1. The van der Waals surface area contributed by atoms with Crippen LogP contribution in [0.4, 0.5) is 0 Å². The lowest BCUT2D eigenvalue weighted by atomic mass is 10.0. The van der Waals surface area contributed by atoms with Crippen LogP contribution in [0, 0.1) is 6.92 Å². The second kappa shape index (κ2) is 6.95. The molecule has 1 aromatic heterocycles. The number of para-hydroxylation sites is 1. The molecular formula is C26H20N5O+. The van der Waals surface area contributed by atoms with Crippen LogP contribution in [-0.4, -0.2) is 21.6 Å². The second-order valence-corrected chi connectivity index (χ2v) is 7.93. The fraction of sp³-hybridized carbons (Fsp3) is 0.0385. The highest BCUT2D eigenvalue weighted by Gasteiger charge is 2.44. The Morgan fingerprint density at radius 1 is 1.03 bits per heavy atom. The minimum atomic E-state index is -0.0191. The van der Waals surface area contributed by atoms with Crippen LogP contribution in [0.25, 0.3) is 10.9 Å². The highest BCUT2D eigenvalue weighted by molar-refractivity contribution is 6.03. The van der Waals surface area contributed by atoms with Crippen LogP contribution in [0.1, 0.15) is 11.1 Å². The Morgan fingerprint density at radius 3 is 2.66 bits per heavy atom. The predicted molar refractivity (Wildman–Crippen MR) is 126 cm³/mol. The van der Waals surface area contributed by atoms with Crippen molar-refractivity contribution in [3.63, 3.8) is 0 Å². The Labute approximate surface area is 185 Å². The van der Waals surface area contributed by atoms with E-state index in [0.29, 0.717) is 5.88 Å². The molecule has 6 heteroatoms. The van der Waals surface area contributed by atoms with Gasteiger partial charge in [0.05, 0.1) is 23.5 Å². The van der Waals surface area contributed by atoms with Crippen molar-refractivity contribution in [3.05, 3.63) is 113 Å². The van der Waals surface area contributed by atoms with E-state index in [2.05, 4.69) is 18.0 Å². The van der Waals surface area contributed by atoms with E-state index in [1.807, 2.05) is 73.0 Å². The maximum atomic E-state index is 6.83. The van der Waals surface area contributed by atoms with Crippen molar-refractivity contribution in [2.24, 2.45) is 15.8 Å². The van der Waals surface area contributed by atoms with Gasteiger partial charge in [0.25, 0.3) is 5.84 Å². The van der Waals surface area contributed by atoms with Gasteiger partial charge in [0, 0.05) is 17.0 Å². The van der Waals surface area contributed by atoms with E-state index >= 15 is 0 Å². The topological polar surface area (TPSA) is 72.9 Å². The zero-order valence-electron chi connectivity index (χ0n) is 17.4. The van der Waals surface area contributed by atoms with Gasteiger partial charge in [-0.05, 0) is 36.8 Å². The zero-order chi connectivity index (χ0) is 21.7. The summed E-state index contributed by atoms with van der Waals surface area (Å²) in [7, 11) is 0. The number of pyridine rings is 1. The van der Waals surface area contributed by atoms with Crippen LogP contribution in [0.15, 0.2) is 112 Å². The summed E-state index contributed by atoms with van der Waals surface area (Å²) >= 11 is 0. The maximum Gasteiger partial charge on any atom is 0.265 e. The van der Waals surface area contributed by atoms with Gasteiger partial charge in [-0.25, -0.2) is 4.98 Å². The highest BCUT2D eigenvalue weighted by Crippen LogP contribution is 2.37. The molecular weight excluding hydrogens is 398 g/mol. The SMILES string of the molecule is Cc1cc(Oc2ccccc2)nc2cc(C3=NC(C4=CC=C4)=C4C=NC=C[N+]34N)ccc12. The van der Waals surface area contributed by atoms with Gasteiger partial charge in [-0.15, -0.1) is 4.59 Å². The molecule has 0 spiro atoms. The summed E-state index contributed by atoms with van der Waals surface area (Å²) in [6.07, 6.45) is 11.4. The van der Waals surface area contributed by atoms with Crippen LogP contribution in [-0.2, 0) is 0 Å². The fourth-order valence-corrected chi connectivity index (χ4v) is 4.11. The van der Waals surface area contributed by atoms with Crippen LogP contribution in [0.3, 0.4) is 0 Å². The van der Waals surface area contributed by atoms with Gasteiger partial charge in [-0.3, -0.25) is 4.99 Å². The van der Waals surface area contributed by atoms with Crippen molar-refractivity contribution in [2.75, 3.05) is 0 Å². The smallest absolute Gasteiger partial charge is 0.265 e. The minimum absolute atomic E-state index is 0.0191. The quantitative estimate of drug-likeness (QED) is 0.476. The molecule has 0 saturated carbocycles. The summed E-state index contributed by atoms with van der Waals surface area (Å²) in [4.78, 5) is 14.0. The number of aliphatic imine (C=N–C) groups is 2. The molecule has 3 heterocycles. The Kier molecular flexibility index (Phi) is 4.04. The molecule has 154 valence electrons. The molecule has 32 heavy (non-hydrogen) atoms. The fourth-order valence-electron chi connectivity index (χ4n) is 4.11. The first-order valence-corrected chi connectivity index (χ1v) is 10.4. The number of quaternary nitrogens is 1. The number of rotatable bonds is 4. The number of amidine groups is 1. The molecule has 0 amide bonds. The number of hydrogen-bond donors (Lipinski definition) is 1. The van der Waals surface area contributed by atoms with E-state index in [4.69, 9.17) is 20.6 Å². The third-order valence-electron chi connectivity index (χ3n) is 5.84. The molecule has 2 aromatic carbocycles. The van der Waals surface area contributed by atoms with Gasteiger partial charge < -0.3 is 4.74 Å².